The summed E-state index contributed by atoms with van der Waals surface area (Å²) in [5, 5.41) is 0. The van der Waals surface area contributed by atoms with E-state index in [-0.39, 0.29) is 69.9 Å². The average molecular weight is 291 g/mol. The molecular weight excluding hydrogens is 286 g/mol. The van der Waals surface area contributed by atoms with Crippen molar-refractivity contribution in [3.63, 3.8) is 0 Å². The predicted octanol–water partition coefficient (Wildman–Crippen LogP) is -4.19. The molecule has 0 bridgehead atoms. The van der Waals surface area contributed by atoms with E-state index < -0.39 is 20.8 Å². The smallest absolute Gasteiger partial charge is 1.00 e. The van der Waals surface area contributed by atoms with Crippen LogP contribution in [0.4, 0.5) is 0 Å². The van der Waals surface area contributed by atoms with Crippen molar-refractivity contribution in [3.05, 3.63) is 0 Å². The molecule has 73 valence electrons. The minimum atomic E-state index is -4.67. The van der Waals surface area contributed by atoms with E-state index in [4.69, 9.17) is 35.0 Å². The second-order valence-corrected chi connectivity index (χ2v) is 2.69. The molecule has 0 heterocycles. The summed E-state index contributed by atoms with van der Waals surface area (Å²) < 4.78 is 63.2. The van der Waals surface area contributed by atoms with Crippen LogP contribution >= 0.6 is 0 Å². The van der Waals surface area contributed by atoms with Crippen LogP contribution < -0.4 is 51.4 Å². The first-order valence-electron chi connectivity index (χ1n) is 1.40. The number of hydrogen-bond acceptors (Lipinski definition) is 4. The van der Waals surface area contributed by atoms with Crippen molar-refractivity contribution in [2.24, 2.45) is 0 Å². The van der Waals surface area contributed by atoms with Crippen LogP contribution in [0.1, 0.15) is 1.43 Å². The predicted molar refractivity (Wildman–Crippen MR) is 29.5 cm³/mol. The first-order chi connectivity index (χ1) is 4.00. The molecule has 0 aliphatic rings. The van der Waals surface area contributed by atoms with Crippen LogP contribution in [-0.4, -0.2) is 35.0 Å². The third-order valence-electron chi connectivity index (χ3n) is 0. The van der Waals surface area contributed by atoms with E-state index in [1.54, 1.807) is 0 Å². The van der Waals surface area contributed by atoms with Gasteiger partial charge in [-0.2, -0.15) is 16.8 Å². The fraction of sp³-hybridized carbons (Fsp3) is 0. The topological polar surface area (TPSA) is 149 Å². The van der Waals surface area contributed by atoms with Crippen molar-refractivity contribution in [1.29, 1.82) is 0 Å². The van der Waals surface area contributed by atoms with E-state index in [9.17, 15) is 0 Å². The van der Waals surface area contributed by atoms with Gasteiger partial charge >= 0.3 is 72.2 Å². The van der Waals surface area contributed by atoms with Crippen LogP contribution in [-0.2, 0) is 37.9 Å². The molecule has 0 aromatic carbocycles. The van der Waals surface area contributed by atoms with Gasteiger partial charge in [-0.15, -0.1) is 0 Å². The SMILES string of the molecule is O=S(=O)(O)O.O=S(=O)(O)O.[H-].[K+].[Mn]. The Balaban J connectivity index is -0.0000000267. The van der Waals surface area contributed by atoms with Gasteiger partial charge in [0.2, 0.25) is 0 Å². The molecule has 0 aromatic heterocycles. The maximum Gasteiger partial charge on any atom is 1.00 e. The van der Waals surface area contributed by atoms with Crippen molar-refractivity contribution < 1.29 is 105 Å². The maximum absolute atomic E-state index is 8.74. The largest absolute Gasteiger partial charge is 1.00 e. The van der Waals surface area contributed by atoms with Crippen LogP contribution in [0.5, 0.6) is 0 Å². The van der Waals surface area contributed by atoms with E-state index in [2.05, 4.69) is 0 Å². The van der Waals surface area contributed by atoms with E-state index in [1.807, 2.05) is 0 Å². The van der Waals surface area contributed by atoms with Gasteiger partial charge in [0.05, 0.1) is 0 Å². The third-order valence-corrected chi connectivity index (χ3v) is 0. The van der Waals surface area contributed by atoms with Gasteiger partial charge in [-0.3, -0.25) is 18.2 Å². The summed E-state index contributed by atoms with van der Waals surface area (Å²) in [5.74, 6) is 0. The molecule has 0 aliphatic carbocycles. The summed E-state index contributed by atoms with van der Waals surface area (Å²) in [5.41, 5.74) is 0. The molecule has 0 saturated carbocycles. The molecule has 0 amide bonds. The molecule has 0 rings (SSSR count). The summed E-state index contributed by atoms with van der Waals surface area (Å²) >= 11 is 0. The molecule has 4 N–H and O–H groups in total. The first kappa shape index (κ1) is 23.6. The molecule has 0 saturated heterocycles. The van der Waals surface area contributed by atoms with Gasteiger partial charge in [0.15, 0.2) is 0 Å². The van der Waals surface area contributed by atoms with Gasteiger partial charge in [0.1, 0.15) is 0 Å². The van der Waals surface area contributed by atoms with Crippen molar-refractivity contribution in [2.45, 2.75) is 0 Å². The van der Waals surface area contributed by atoms with Gasteiger partial charge in [-0.1, -0.05) is 0 Å². The van der Waals surface area contributed by atoms with Gasteiger partial charge in [0, 0.05) is 17.1 Å². The Bertz CT molecular complexity index is 219. The minimum absolute atomic E-state index is 0. The summed E-state index contributed by atoms with van der Waals surface area (Å²) in [4.78, 5) is 0. The Labute approximate surface area is 124 Å². The van der Waals surface area contributed by atoms with Crippen molar-refractivity contribution in [3.8, 4) is 0 Å². The van der Waals surface area contributed by atoms with Gasteiger partial charge in [-0.25, -0.2) is 0 Å². The van der Waals surface area contributed by atoms with E-state index in [0.29, 0.717) is 0 Å². The second kappa shape index (κ2) is 9.45. The maximum atomic E-state index is 8.74. The molecule has 8 nitrogen and oxygen atoms in total. The van der Waals surface area contributed by atoms with Crippen LogP contribution in [0.3, 0.4) is 0 Å². The Morgan fingerprint density at radius 1 is 0.750 bits per heavy atom. The normalized spacial score (nSPS) is 9.67. The zero-order chi connectivity index (χ0) is 9.00. The van der Waals surface area contributed by atoms with Gasteiger partial charge in [-0.05, 0) is 0 Å². The van der Waals surface area contributed by atoms with Crippen LogP contribution in [0.15, 0.2) is 0 Å². The molecular formula is H5KMnO8S2. The molecule has 1 radical (unpaired) electrons. The first-order valence-corrected chi connectivity index (χ1v) is 4.19. The Morgan fingerprint density at radius 3 is 0.750 bits per heavy atom. The van der Waals surface area contributed by atoms with Gasteiger partial charge in [0.25, 0.3) is 0 Å². The van der Waals surface area contributed by atoms with Crippen molar-refractivity contribution in [1.82, 2.24) is 0 Å². The third kappa shape index (κ3) is 393. The van der Waals surface area contributed by atoms with E-state index in [1.165, 1.54) is 0 Å². The van der Waals surface area contributed by atoms with Crippen LogP contribution in [0.25, 0.3) is 0 Å². The molecule has 0 fully saturated rings. The summed E-state index contributed by atoms with van der Waals surface area (Å²) in [7, 11) is -9.33. The minimum Gasteiger partial charge on any atom is -1.00 e. The van der Waals surface area contributed by atoms with Gasteiger partial charge < -0.3 is 1.43 Å². The van der Waals surface area contributed by atoms with Crippen LogP contribution in [0.2, 0.25) is 0 Å². The fourth-order valence-corrected chi connectivity index (χ4v) is 0. The molecule has 0 aromatic rings. The van der Waals surface area contributed by atoms with E-state index in [0.717, 1.165) is 0 Å². The van der Waals surface area contributed by atoms with Crippen LogP contribution in [0, 0.1) is 0 Å². The number of hydrogen-bond donors (Lipinski definition) is 4. The summed E-state index contributed by atoms with van der Waals surface area (Å²) in [6.07, 6.45) is 0. The monoisotopic (exact) mass is 291 g/mol. The average Bonchev–Trinajstić information content (AvgIpc) is 1.12. The fourth-order valence-electron chi connectivity index (χ4n) is 0. The Morgan fingerprint density at radius 2 is 0.750 bits per heavy atom. The van der Waals surface area contributed by atoms with Crippen molar-refractivity contribution in [2.75, 3.05) is 0 Å². The summed E-state index contributed by atoms with van der Waals surface area (Å²) in [6.45, 7) is 0. The van der Waals surface area contributed by atoms with E-state index >= 15 is 0 Å². The number of rotatable bonds is 0. The molecule has 0 spiro atoms. The molecule has 0 unspecified atom stereocenters. The Kier molecular flexibility index (Phi) is 18.6. The zero-order valence-corrected chi connectivity index (χ0v) is 11.6. The molecule has 0 aliphatic heterocycles. The molecule has 12 heavy (non-hydrogen) atoms. The summed E-state index contributed by atoms with van der Waals surface area (Å²) in [6, 6.07) is 0. The molecule has 0 atom stereocenters. The Hall–Kier alpha value is 1.90. The standard InChI is InChI=1S/K.Mn.2H2O4S.H/c;;2*1-5(2,3)4;/h;;2*(H2,1,2,3,4);/q+1;;;;-1. The zero-order valence-electron chi connectivity index (χ0n) is 6.62. The van der Waals surface area contributed by atoms with Crippen molar-refractivity contribution >= 4 is 20.8 Å². The quantitative estimate of drug-likeness (QED) is 0.259. The second-order valence-electron chi connectivity index (χ2n) is 0.896. The molecule has 12 heteroatoms.